The minimum Gasteiger partial charge on any atom is -0.484 e. The van der Waals surface area contributed by atoms with E-state index in [-0.39, 0.29) is 12.5 Å². The van der Waals surface area contributed by atoms with Gasteiger partial charge in [0.15, 0.2) is 6.61 Å². The second kappa shape index (κ2) is 7.13. The summed E-state index contributed by atoms with van der Waals surface area (Å²) in [6, 6.07) is 7.02. The van der Waals surface area contributed by atoms with Gasteiger partial charge in [-0.05, 0) is 31.4 Å². The van der Waals surface area contributed by atoms with Gasteiger partial charge >= 0.3 is 5.97 Å². The normalized spacial score (nSPS) is 19.0. The maximum Gasteiger partial charge on any atom is 0.329 e. The largest absolute Gasteiger partial charge is 0.484 e. The number of carboxylic acids is 1. The van der Waals surface area contributed by atoms with Crippen molar-refractivity contribution in [3.63, 3.8) is 0 Å². The third-order valence-electron chi connectivity index (χ3n) is 4.82. The molecule has 2 fully saturated rings. The number of nitrogens with zero attached hydrogens (tertiary/aromatic N) is 1. The van der Waals surface area contributed by atoms with E-state index in [1.165, 1.54) is 0 Å². The number of carboxylic acid groups (broad SMARTS) is 1. The molecule has 7 heteroatoms. The van der Waals surface area contributed by atoms with Gasteiger partial charge in [0.05, 0.1) is 0 Å². The standard InChI is InChI=1S/C18H22N2O5/c21-15(19-18(17(23)24)8-1-2-9-18)12-25-14-6-3-5-13(11-14)20-10-4-7-16(20)22/h3,5-6,11H,1-2,4,7-10,12H2,(H,19,21)(H,23,24). The molecule has 0 aromatic heterocycles. The van der Waals surface area contributed by atoms with E-state index in [0.29, 0.717) is 31.6 Å². The third kappa shape index (κ3) is 3.75. The fourth-order valence-electron chi connectivity index (χ4n) is 3.49. The molecule has 134 valence electrons. The maximum atomic E-state index is 12.1. The molecule has 2 amide bonds. The lowest BCUT2D eigenvalue weighted by atomic mass is 9.98. The topological polar surface area (TPSA) is 95.9 Å². The minimum absolute atomic E-state index is 0.0829. The average molecular weight is 346 g/mol. The van der Waals surface area contributed by atoms with E-state index in [0.717, 1.165) is 24.9 Å². The Morgan fingerprint density at radius 3 is 2.64 bits per heavy atom. The van der Waals surface area contributed by atoms with Crippen molar-refractivity contribution in [1.29, 1.82) is 0 Å². The smallest absolute Gasteiger partial charge is 0.329 e. The number of benzene rings is 1. The molecule has 0 atom stereocenters. The van der Waals surface area contributed by atoms with Gasteiger partial charge in [0.25, 0.3) is 5.91 Å². The number of ether oxygens (including phenoxy) is 1. The molecular formula is C18H22N2O5. The first-order chi connectivity index (χ1) is 12.0. The van der Waals surface area contributed by atoms with Crippen LogP contribution in [0, 0.1) is 0 Å². The molecule has 1 aliphatic heterocycles. The Kier molecular flexibility index (Phi) is 4.92. The molecule has 25 heavy (non-hydrogen) atoms. The van der Waals surface area contributed by atoms with E-state index in [1.54, 1.807) is 23.1 Å². The summed E-state index contributed by atoms with van der Waals surface area (Å²) in [4.78, 5) is 37.1. The molecule has 7 nitrogen and oxygen atoms in total. The molecule has 1 aliphatic carbocycles. The lowest BCUT2D eigenvalue weighted by Crippen LogP contribution is -2.53. The summed E-state index contributed by atoms with van der Waals surface area (Å²) in [6.45, 7) is 0.427. The van der Waals surface area contributed by atoms with Crippen molar-refractivity contribution in [3.8, 4) is 5.75 Å². The lowest BCUT2D eigenvalue weighted by Gasteiger charge is -2.25. The molecule has 0 radical (unpaired) electrons. The van der Waals surface area contributed by atoms with Crippen LogP contribution in [0.25, 0.3) is 0 Å². The number of carbonyl (C=O) groups excluding carboxylic acids is 2. The molecule has 1 saturated carbocycles. The first-order valence-electron chi connectivity index (χ1n) is 8.58. The summed E-state index contributed by atoms with van der Waals surface area (Å²) in [5.41, 5.74) is -0.414. The summed E-state index contributed by atoms with van der Waals surface area (Å²) in [6.07, 6.45) is 3.86. The SMILES string of the molecule is O=C(COc1cccc(N2CCCC2=O)c1)NC1(C(=O)O)CCCC1. The highest BCUT2D eigenvalue weighted by Gasteiger charge is 2.42. The van der Waals surface area contributed by atoms with Crippen molar-refractivity contribution in [3.05, 3.63) is 24.3 Å². The number of amides is 2. The average Bonchev–Trinajstić information content (AvgIpc) is 3.23. The van der Waals surface area contributed by atoms with Gasteiger partial charge in [0.2, 0.25) is 5.91 Å². The Labute approximate surface area is 146 Å². The molecule has 2 N–H and O–H groups in total. The molecule has 0 unspecified atom stereocenters. The highest BCUT2D eigenvalue weighted by molar-refractivity contribution is 5.95. The number of rotatable bonds is 6. The van der Waals surface area contributed by atoms with Crippen LogP contribution in [0.4, 0.5) is 5.69 Å². The number of hydrogen-bond donors (Lipinski definition) is 2. The summed E-state index contributed by atoms with van der Waals surface area (Å²) in [7, 11) is 0. The van der Waals surface area contributed by atoms with Crippen molar-refractivity contribution in [1.82, 2.24) is 5.32 Å². The molecule has 0 bridgehead atoms. The van der Waals surface area contributed by atoms with Gasteiger partial charge in [-0.15, -0.1) is 0 Å². The third-order valence-corrected chi connectivity index (χ3v) is 4.82. The summed E-state index contributed by atoms with van der Waals surface area (Å²) in [5, 5.41) is 12.0. The van der Waals surface area contributed by atoms with Gasteiger partial charge in [0, 0.05) is 24.7 Å². The minimum atomic E-state index is -1.16. The zero-order chi connectivity index (χ0) is 17.9. The Morgan fingerprint density at radius 2 is 2.00 bits per heavy atom. The van der Waals surface area contributed by atoms with Crippen LogP contribution < -0.4 is 15.0 Å². The molecule has 1 heterocycles. The van der Waals surface area contributed by atoms with Crippen LogP contribution >= 0.6 is 0 Å². The Balaban J connectivity index is 1.59. The number of hydrogen-bond acceptors (Lipinski definition) is 4. The zero-order valence-corrected chi connectivity index (χ0v) is 14.0. The van der Waals surface area contributed by atoms with Crippen molar-refractivity contribution in [2.45, 2.75) is 44.1 Å². The number of nitrogens with one attached hydrogen (secondary N) is 1. The fourth-order valence-corrected chi connectivity index (χ4v) is 3.49. The van der Waals surface area contributed by atoms with Crippen LogP contribution in [0.15, 0.2) is 24.3 Å². The summed E-state index contributed by atoms with van der Waals surface area (Å²) in [5.74, 6) is -0.887. The van der Waals surface area contributed by atoms with Gasteiger partial charge in [-0.3, -0.25) is 9.59 Å². The van der Waals surface area contributed by atoms with Crippen LogP contribution in [-0.2, 0) is 14.4 Å². The highest BCUT2D eigenvalue weighted by Crippen LogP contribution is 2.30. The van der Waals surface area contributed by atoms with Gasteiger partial charge in [-0.25, -0.2) is 4.79 Å². The van der Waals surface area contributed by atoms with Gasteiger partial charge < -0.3 is 20.1 Å². The van der Waals surface area contributed by atoms with Crippen LogP contribution in [0.1, 0.15) is 38.5 Å². The van der Waals surface area contributed by atoms with Crippen molar-refractivity contribution in [2.24, 2.45) is 0 Å². The second-order valence-corrected chi connectivity index (χ2v) is 6.58. The molecule has 3 rings (SSSR count). The van der Waals surface area contributed by atoms with Gasteiger partial charge in [0.1, 0.15) is 11.3 Å². The highest BCUT2D eigenvalue weighted by atomic mass is 16.5. The zero-order valence-electron chi connectivity index (χ0n) is 14.0. The van der Waals surface area contributed by atoms with Crippen LogP contribution in [0.3, 0.4) is 0 Å². The van der Waals surface area contributed by atoms with E-state index in [2.05, 4.69) is 5.32 Å². The molecule has 1 aromatic carbocycles. The van der Waals surface area contributed by atoms with E-state index in [9.17, 15) is 19.5 Å². The first kappa shape index (κ1) is 17.3. The van der Waals surface area contributed by atoms with E-state index in [4.69, 9.17) is 4.74 Å². The monoisotopic (exact) mass is 346 g/mol. The fraction of sp³-hybridized carbons (Fsp3) is 0.500. The summed E-state index contributed by atoms with van der Waals surface area (Å²) >= 11 is 0. The first-order valence-corrected chi connectivity index (χ1v) is 8.58. The number of aliphatic carboxylic acids is 1. The van der Waals surface area contributed by atoms with Crippen molar-refractivity contribution in [2.75, 3.05) is 18.1 Å². The summed E-state index contributed by atoms with van der Waals surface area (Å²) < 4.78 is 5.50. The predicted octanol–water partition coefficient (Wildman–Crippen LogP) is 1.71. The number of anilines is 1. The molecule has 0 spiro atoms. The quantitative estimate of drug-likeness (QED) is 0.817. The molecule has 1 aromatic rings. The predicted molar refractivity (Wildman–Crippen MR) is 90.5 cm³/mol. The van der Waals surface area contributed by atoms with Crippen molar-refractivity contribution >= 4 is 23.5 Å². The second-order valence-electron chi connectivity index (χ2n) is 6.58. The Bertz CT molecular complexity index is 682. The molecule has 1 saturated heterocycles. The number of carbonyl (C=O) groups is 3. The molecule has 2 aliphatic rings. The Hall–Kier alpha value is -2.57. The van der Waals surface area contributed by atoms with Crippen LogP contribution in [0.5, 0.6) is 5.75 Å². The van der Waals surface area contributed by atoms with Crippen molar-refractivity contribution < 1.29 is 24.2 Å². The van der Waals surface area contributed by atoms with E-state index in [1.807, 2.05) is 6.07 Å². The maximum absolute atomic E-state index is 12.1. The Morgan fingerprint density at radius 1 is 1.24 bits per heavy atom. The van der Waals surface area contributed by atoms with E-state index >= 15 is 0 Å². The van der Waals surface area contributed by atoms with E-state index < -0.39 is 17.4 Å². The van der Waals surface area contributed by atoms with Crippen LogP contribution in [0.2, 0.25) is 0 Å². The lowest BCUT2D eigenvalue weighted by molar-refractivity contribution is -0.147. The van der Waals surface area contributed by atoms with Gasteiger partial charge in [-0.1, -0.05) is 18.9 Å². The van der Waals surface area contributed by atoms with Gasteiger partial charge in [-0.2, -0.15) is 0 Å². The van der Waals surface area contributed by atoms with Crippen LogP contribution in [-0.4, -0.2) is 41.6 Å². The molecular weight excluding hydrogens is 324 g/mol.